The number of thiazole rings is 1. The summed E-state index contributed by atoms with van der Waals surface area (Å²) in [5.74, 6) is 3.56. The van der Waals surface area contributed by atoms with E-state index in [-0.39, 0.29) is 0 Å². The third kappa shape index (κ3) is 4.36. The zero-order valence-electron chi connectivity index (χ0n) is 19.5. The first-order valence-electron chi connectivity index (χ1n) is 12.3. The number of ether oxygens (including phenoxy) is 2. The number of nitrogens with zero attached hydrogens (tertiary/aromatic N) is 4. The maximum absolute atomic E-state index is 12.5. The third-order valence-electron chi connectivity index (χ3n) is 7.50. The van der Waals surface area contributed by atoms with Crippen molar-refractivity contribution in [2.75, 3.05) is 39.3 Å². The first kappa shape index (κ1) is 21.8. The number of carbonyl (C=O) groups excluding carboxylic acids is 1. The molecule has 1 saturated carbocycles. The van der Waals surface area contributed by atoms with Gasteiger partial charge in [-0.1, -0.05) is 17.8 Å². The number of aromatic nitrogens is 2. The van der Waals surface area contributed by atoms with E-state index in [9.17, 15) is 4.79 Å². The van der Waals surface area contributed by atoms with Crippen molar-refractivity contribution in [3.05, 3.63) is 42.1 Å². The Bertz CT molecular complexity index is 1160. The standard InChI is InChI=1S/C26H30N4O3S/c1-17-9-10-27-24-23(17)34-26(28-24)33-22-7-5-21(6-8-22)32-12-11-29-13-19-15-30(16-20(19)14-29)25(31)18-3-2-4-18/h5-10,18-20H,2-4,11-16H2,1H3. The van der Waals surface area contributed by atoms with Crippen molar-refractivity contribution in [2.24, 2.45) is 17.8 Å². The molecule has 4 heterocycles. The molecule has 6 rings (SSSR count). The maximum Gasteiger partial charge on any atom is 0.281 e. The van der Waals surface area contributed by atoms with E-state index in [2.05, 4.69) is 26.7 Å². The normalized spacial score (nSPS) is 22.7. The van der Waals surface area contributed by atoms with Crippen molar-refractivity contribution in [2.45, 2.75) is 26.2 Å². The van der Waals surface area contributed by atoms with Gasteiger partial charge in [0, 0.05) is 44.8 Å². The minimum Gasteiger partial charge on any atom is -0.492 e. The van der Waals surface area contributed by atoms with Crippen LogP contribution in [0.5, 0.6) is 16.7 Å². The number of pyridine rings is 1. The highest BCUT2D eigenvalue weighted by Crippen LogP contribution is 2.35. The summed E-state index contributed by atoms with van der Waals surface area (Å²) in [5.41, 5.74) is 1.88. The maximum atomic E-state index is 12.5. The smallest absolute Gasteiger partial charge is 0.281 e. The Labute approximate surface area is 203 Å². The number of carbonyl (C=O) groups is 1. The van der Waals surface area contributed by atoms with Gasteiger partial charge in [-0.25, -0.2) is 4.98 Å². The van der Waals surface area contributed by atoms with Gasteiger partial charge in [-0.05, 0) is 67.5 Å². The molecule has 0 spiro atoms. The Morgan fingerprint density at radius 2 is 1.79 bits per heavy atom. The van der Waals surface area contributed by atoms with Crippen LogP contribution in [0.4, 0.5) is 0 Å². The second-order valence-electron chi connectivity index (χ2n) is 9.83. The Hall–Kier alpha value is -2.71. The van der Waals surface area contributed by atoms with Crippen LogP contribution < -0.4 is 9.47 Å². The minimum atomic E-state index is 0.322. The lowest BCUT2D eigenvalue weighted by Gasteiger charge is -2.30. The van der Waals surface area contributed by atoms with Crippen LogP contribution in [0.25, 0.3) is 10.3 Å². The second-order valence-corrected chi connectivity index (χ2v) is 10.8. The SMILES string of the molecule is Cc1ccnc2nc(Oc3ccc(OCCN4CC5CN(C(=O)C6CCC6)CC5C4)cc3)sc12. The summed E-state index contributed by atoms with van der Waals surface area (Å²) in [7, 11) is 0. The molecule has 0 bridgehead atoms. The monoisotopic (exact) mass is 478 g/mol. The molecule has 2 aromatic heterocycles. The van der Waals surface area contributed by atoms with E-state index in [0.29, 0.717) is 35.5 Å². The number of likely N-dealkylation sites (tertiary alicyclic amines) is 2. The van der Waals surface area contributed by atoms with Crippen molar-refractivity contribution in [1.82, 2.24) is 19.8 Å². The highest BCUT2D eigenvalue weighted by Gasteiger charge is 2.43. The molecular formula is C26H30N4O3S. The fourth-order valence-electron chi connectivity index (χ4n) is 5.34. The van der Waals surface area contributed by atoms with E-state index in [1.54, 1.807) is 6.20 Å². The molecular weight excluding hydrogens is 448 g/mol. The molecule has 8 heteroatoms. The first-order valence-corrected chi connectivity index (χ1v) is 13.1. The van der Waals surface area contributed by atoms with E-state index in [0.717, 1.165) is 73.0 Å². The molecule has 2 saturated heterocycles. The molecule has 3 aromatic rings. The Kier molecular flexibility index (Phi) is 5.87. The third-order valence-corrected chi connectivity index (χ3v) is 8.56. The molecule has 0 radical (unpaired) electrons. The van der Waals surface area contributed by atoms with E-state index < -0.39 is 0 Å². The Morgan fingerprint density at radius 3 is 2.47 bits per heavy atom. The molecule has 178 valence electrons. The van der Waals surface area contributed by atoms with Crippen LogP contribution in [0.3, 0.4) is 0 Å². The molecule has 2 atom stereocenters. The molecule has 1 aliphatic carbocycles. The highest BCUT2D eigenvalue weighted by atomic mass is 32.1. The summed E-state index contributed by atoms with van der Waals surface area (Å²) >= 11 is 1.51. The quantitative estimate of drug-likeness (QED) is 0.503. The Balaban J connectivity index is 0.953. The van der Waals surface area contributed by atoms with Gasteiger partial charge in [0.15, 0.2) is 5.65 Å². The van der Waals surface area contributed by atoms with Crippen LogP contribution in [0.2, 0.25) is 0 Å². The van der Waals surface area contributed by atoms with Crippen molar-refractivity contribution in [3.8, 4) is 16.7 Å². The summed E-state index contributed by atoms with van der Waals surface area (Å²) in [4.78, 5) is 25.9. The van der Waals surface area contributed by atoms with Gasteiger partial charge in [0.1, 0.15) is 18.1 Å². The van der Waals surface area contributed by atoms with Gasteiger partial charge in [0.2, 0.25) is 5.91 Å². The average Bonchev–Trinajstić information content (AvgIpc) is 3.47. The molecule has 7 nitrogen and oxygen atoms in total. The topological polar surface area (TPSA) is 67.8 Å². The second kappa shape index (κ2) is 9.15. The number of aryl methyl sites for hydroxylation is 1. The van der Waals surface area contributed by atoms with Gasteiger partial charge in [-0.3, -0.25) is 9.69 Å². The zero-order valence-corrected chi connectivity index (χ0v) is 20.3. The van der Waals surface area contributed by atoms with Crippen LogP contribution >= 0.6 is 11.3 Å². The number of rotatable bonds is 7. The summed E-state index contributed by atoms with van der Waals surface area (Å²) in [6.07, 6.45) is 5.19. The van der Waals surface area contributed by atoms with Crippen molar-refractivity contribution < 1.29 is 14.3 Å². The molecule has 0 N–H and O–H groups in total. The van der Waals surface area contributed by atoms with Gasteiger partial charge >= 0.3 is 0 Å². The number of benzene rings is 1. The summed E-state index contributed by atoms with van der Waals surface area (Å²) in [6, 6.07) is 9.69. The zero-order chi connectivity index (χ0) is 23.1. The predicted octanol–water partition coefficient (Wildman–Crippen LogP) is 4.36. The van der Waals surface area contributed by atoms with E-state index in [4.69, 9.17) is 9.47 Å². The molecule has 34 heavy (non-hydrogen) atoms. The molecule has 3 fully saturated rings. The van der Waals surface area contributed by atoms with Crippen molar-refractivity contribution >= 4 is 27.6 Å². The molecule has 1 amide bonds. The van der Waals surface area contributed by atoms with E-state index in [1.165, 1.54) is 17.8 Å². The lowest BCUT2D eigenvalue weighted by atomic mass is 9.84. The van der Waals surface area contributed by atoms with Gasteiger partial charge in [0.25, 0.3) is 5.19 Å². The van der Waals surface area contributed by atoms with Crippen molar-refractivity contribution in [3.63, 3.8) is 0 Å². The number of hydrogen-bond donors (Lipinski definition) is 0. The minimum absolute atomic E-state index is 0.322. The molecule has 2 unspecified atom stereocenters. The summed E-state index contributed by atoms with van der Waals surface area (Å²) < 4.78 is 13.0. The summed E-state index contributed by atoms with van der Waals surface area (Å²) in [5, 5.41) is 0.595. The van der Waals surface area contributed by atoms with Gasteiger partial charge in [0.05, 0.1) is 4.70 Å². The fourth-order valence-corrected chi connectivity index (χ4v) is 6.20. The molecule has 1 aromatic carbocycles. The van der Waals surface area contributed by atoms with Crippen molar-refractivity contribution in [1.29, 1.82) is 0 Å². The van der Waals surface area contributed by atoms with Gasteiger partial charge in [-0.2, -0.15) is 4.98 Å². The largest absolute Gasteiger partial charge is 0.492 e. The van der Waals surface area contributed by atoms with E-state index >= 15 is 0 Å². The lowest BCUT2D eigenvalue weighted by Crippen LogP contribution is -2.39. The van der Waals surface area contributed by atoms with Crippen LogP contribution in [0, 0.1) is 24.7 Å². The molecule has 3 aliphatic rings. The van der Waals surface area contributed by atoms with Gasteiger partial charge in [-0.15, -0.1) is 0 Å². The van der Waals surface area contributed by atoms with E-state index in [1.807, 2.05) is 30.3 Å². The van der Waals surface area contributed by atoms with Crippen LogP contribution in [-0.2, 0) is 4.79 Å². The number of hydrogen-bond acceptors (Lipinski definition) is 7. The van der Waals surface area contributed by atoms with Gasteiger partial charge < -0.3 is 14.4 Å². The first-order chi connectivity index (χ1) is 16.6. The average molecular weight is 479 g/mol. The predicted molar refractivity (Wildman–Crippen MR) is 132 cm³/mol. The fraction of sp³-hybridized carbons (Fsp3) is 0.500. The van der Waals surface area contributed by atoms with Crippen LogP contribution in [-0.4, -0.2) is 65.0 Å². The Morgan fingerprint density at radius 1 is 1.06 bits per heavy atom. The highest BCUT2D eigenvalue weighted by molar-refractivity contribution is 7.20. The lowest BCUT2D eigenvalue weighted by molar-refractivity contribution is -0.137. The molecule has 2 aliphatic heterocycles. The number of amides is 1. The summed E-state index contributed by atoms with van der Waals surface area (Å²) in [6.45, 7) is 7.68. The van der Waals surface area contributed by atoms with Crippen LogP contribution in [0.1, 0.15) is 24.8 Å². The number of fused-ring (bicyclic) bond motifs is 2. The van der Waals surface area contributed by atoms with Crippen LogP contribution in [0.15, 0.2) is 36.5 Å².